The summed E-state index contributed by atoms with van der Waals surface area (Å²) in [5.41, 5.74) is 2.37. The van der Waals surface area contributed by atoms with Crippen LogP contribution < -0.4 is 15.0 Å². The molecular weight excluding hydrogens is 469 g/mol. The highest BCUT2D eigenvalue weighted by atomic mass is 19.4. The van der Waals surface area contributed by atoms with Crippen LogP contribution in [0.1, 0.15) is 35.9 Å². The van der Waals surface area contributed by atoms with Crippen molar-refractivity contribution in [2.75, 3.05) is 17.3 Å². The molecule has 2 aliphatic rings. The van der Waals surface area contributed by atoms with Gasteiger partial charge >= 0.3 is 12.1 Å². The van der Waals surface area contributed by atoms with Gasteiger partial charge in [-0.3, -0.25) is 14.5 Å². The highest BCUT2D eigenvalue weighted by Crippen LogP contribution is 2.48. The molecule has 1 heterocycles. The second-order valence-corrected chi connectivity index (χ2v) is 8.83. The molecule has 1 aliphatic carbocycles. The molecule has 36 heavy (non-hydrogen) atoms. The van der Waals surface area contributed by atoms with Gasteiger partial charge in [0.15, 0.2) is 5.78 Å². The lowest BCUT2D eigenvalue weighted by Gasteiger charge is -2.35. The van der Waals surface area contributed by atoms with Crippen molar-refractivity contribution in [2.24, 2.45) is 0 Å². The molecule has 1 aliphatic heterocycles. The summed E-state index contributed by atoms with van der Waals surface area (Å²) in [6, 6.07) is 21.0. The molecule has 0 bridgehead atoms. The Balaban J connectivity index is 1.75. The number of halogens is 3. The van der Waals surface area contributed by atoms with Gasteiger partial charge in [-0.05, 0) is 47.7 Å². The minimum absolute atomic E-state index is 0.0473. The smallest absolute Gasteiger partial charge is 0.471 e. The van der Waals surface area contributed by atoms with Crippen molar-refractivity contribution >= 4 is 23.1 Å². The lowest BCUT2D eigenvalue weighted by molar-refractivity contribution is -0.170. The van der Waals surface area contributed by atoms with Gasteiger partial charge in [0.25, 0.3) is 0 Å². The molecule has 0 unspecified atom stereocenters. The maximum Gasteiger partial charge on any atom is 0.471 e. The number of benzene rings is 3. The Hall–Kier alpha value is -4.07. The van der Waals surface area contributed by atoms with E-state index in [-0.39, 0.29) is 29.4 Å². The Morgan fingerprint density at radius 3 is 2.36 bits per heavy atom. The fourth-order valence-corrected chi connectivity index (χ4v) is 5.04. The van der Waals surface area contributed by atoms with Gasteiger partial charge in [0.1, 0.15) is 5.75 Å². The van der Waals surface area contributed by atoms with E-state index < -0.39 is 18.1 Å². The number of hydrogen-bond acceptors (Lipinski definition) is 4. The second-order valence-electron chi connectivity index (χ2n) is 8.83. The topological polar surface area (TPSA) is 58.6 Å². The Kier molecular flexibility index (Phi) is 6.04. The predicted octanol–water partition coefficient (Wildman–Crippen LogP) is 6.16. The number of ether oxygens (including phenoxy) is 1. The number of fused-ring (bicyclic) bond motifs is 1. The van der Waals surface area contributed by atoms with Crippen molar-refractivity contribution in [3.8, 4) is 5.75 Å². The molecule has 0 fully saturated rings. The molecule has 3 aromatic carbocycles. The number of ketones is 1. The highest BCUT2D eigenvalue weighted by molar-refractivity contribution is 6.07. The molecule has 8 heteroatoms. The van der Waals surface area contributed by atoms with Gasteiger partial charge in [-0.2, -0.15) is 13.2 Å². The van der Waals surface area contributed by atoms with E-state index in [2.05, 4.69) is 5.32 Å². The number of anilines is 2. The van der Waals surface area contributed by atoms with Gasteiger partial charge in [0.05, 0.1) is 24.5 Å². The maximum absolute atomic E-state index is 14.0. The van der Waals surface area contributed by atoms with E-state index in [9.17, 15) is 22.8 Å². The quantitative estimate of drug-likeness (QED) is 0.476. The Labute approximate surface area is 206 Å². The number of carbonyl (C=O) groups excluding carboxylic acids is 2. The zero-order chi connectivity index (χ0) is 25.4. The molecular formula is C28H23F3N2O3. The zero-order valence-corrected chi connectivity index (χ0v) is 19.4. The van der Waals surface area contributed by atoms with Crippen molar-refractivity contribution in [1.82, 2.24) is 0 Å². The maximum atomic E-state index is 14.0. The third-order valence-corrected chi connectivity index (χ3v) is 6.63. The summed E-state index contributed by atoms with van der Waals surface area (Å²) in [6.07, 6.45) is -4.62. The molecule has 5 nitrogen and oxygen atoms in total. The van der Waals surface area contributed by atoms with E-state index in [1.165, 1.54) is 13.2 Å². The number of hydrogen-bond donors (Lipinski definition) is 1. The van der Waals surface area contributed by atoms with Crippen LogP contribution in [0.5, 0.6) is 5.75 Å². The standard InChI is InChI=1S/C28H23F3N2O3/c1-36-20-11-7-10-18(14-20)26-25-22(15-19(16-24(25)34)17-8-3-2-4-9-17)32-21-12-5-6-13-23(21)33(26)27(35)28(29,30)31/h2-14,19,26,32H,15-16H2,1H3/t19-,26+/m0/s1. The van der Waals surface area contributed by atoms with Crippen LogP contribution in [0.25, 0.3) is 0 Å². The van der Waals surface area contributed by atoms with E-state index in [4.69, 9.17) is 4.74 Å². The van der Waals surface area contributed by atoms with Crippen LogP contribution in [-0.4, -0.2) is 25.0 Å². The molecule has 184 valence electrons. The average molecular weight is 492 g/mol. The molecule has 1 N–H and O–H groups in total. The van der Waals surface area contributed by atoms with Crippen LogP contribution in [0.4, 0.5) is 24.5 Å². The first-order valence-corrected chi connectivity index (χ1v) is 11.5. The molecule has 0 aromatic heterocycles. The number of rotatable bonds is 3. The Morgan fingerprint density at radius 1 is 0.944 bits per heavy atom. The fraction of sp³-hybridized carbons (Fsp3) is 0.214. The van der Waals surface area contributed by atoms with Crippen LogP contribution in [0.15, 0.2) is 90.1 Å². The largest absolute Gasteiger partial charge is 0.497 e. The summed E-state index contributed by atoms with van der Waals surface area (Å²) < 4.78 is 47.2. The molecule has 0 saturated carbocycles. The van der Waals surface area contributed by atoms with Crippen molar-refractivity contribution in [3.63, 3.8) is 0 Å². The predicted molar refractivity (Wildman–Crippen MR) is 130 cm³/mol. The third-order valence-electron chi connectivity index (χ3n) is 6.63. The molecule has 0 saturated heterocycles. The van der Waals surface area contributed by atoms with Crippen LogP contribution in [-0.2, 0) is 9.59 Å². The van der Waals surface area contributed by atoms with E-state index in [0.29, 0.717) is 34.0 Å². The lowest BCUT2D eigenvalue weighted by atomic mass is 9.78. The summed E-state index contributed by atoms with van der Waals surface area (Å²) in [6.45, 7) is 0. The molecule has 0 spiro atoms. The molecule has 1 amide bonds. The fourth-order valence-electron chi connectivity index (χ4n) is 5.04. The molecule has 3 aromatic rings. The van der Waals surface area contributed by atoms with Crippen molar-refractivity contribution < 1.29 is 27.5 Å². The average Bonchev–Trinajstić information content (AvgIpc) is 3.02. The van der Waals surface area contributed by atoms with Crippen LogP contribution >= 0.6 is 0 Å². The Morgan fingerprint density at radius 2 is 1.64 bits per heavy atom. The van der Waals surface area contributed by atoms with E-state index >= 15 is 0 Å². The number of Topliss-reactive ketones (excluding diaryl/α,β-unsaturated/α-hetero) is 1. The van der Waals surface area contributed by atoms with Gasteiger partial charge in [-0.25, -0.2) is 0 Å². The van der Waals surface area contributed by atoms with E-state index in [0.717, 1.165) is 5.56 Å². The second kappa shape index (κ2) is 9.18. The summed E-state index contributed by atoms with van der Waals surface area (Å²) in [7, 11) is 1.45. The number of allylic oxidation sites excluding steroid dienone is 1. The number of nitrogens with zero attached hydrogens (tertiary/aromatic N) is 1. The van der Waals surface area contributed by atoms with Gasteiger partial charge in [0.2, 0.25) is 0 Å². The first-order valence-electron chi connectivity index (χ1n) is 11.5. The minimum Gasteiger partial charge on any atom is -0.497 e. The summed E-state index contributed by atoms with van der Waals surface area (Å²) in [5.74, 6) is -2.09. The van der Waals surface area contributed by atoms with Gasteiger partial charge in [0, 0.05) is 17.7 Å². The SMILES string of the molecule is COc1cccc([C@@H]2C3=C(C[C@H](c4ccccc4)CC3=O)Nc3ccccc3N2C(=O)C(F)(F)F)c1. The van der Waals surface area contributed by atoms with E-state index in [1.807, 2.05) is 30.3 Å². The lowest BCUT2D eigenvalue weighted by Crippen LogP contribution is -2.45. The summed E-state index contributed by atoms with van der Waals surface area (Å²) in [4.78, 5) is 27.4. The monoisotopic (exact) mass is 492 g/mol. The third kappa shape index (κ3) is 4.23. The molecule has 0 radical (unpaired) electrons. The van der Waals surface area contributed by atoms with Crippen LogP contribution in [0.3, 0.4) is 0 Å². The van der Waals surface area contributed by atoms with Crippen LogP contribution in [0, 0.1) is 0 Å². The van der Waals surface area contributed by atoms with Crippen LogP contribution in [0.2, 0.25) is 0 Å². The number of amides is 1. The Bertz CT molecular complexity index is 1350. The van der Waals surface area contributed by atoms with Gasteiger partial charge in [-0.15, -0.1) is 0 Å². The minimum atomic E-state index is -5.15. The summed E-state index contributed by atoms with van der Waals surface area (Å²) >= 11 is 0. The van der Waals surface area contributed by atoms with Crippen molar-refractivity contribution in [1.29, 1.82) is 0 Å². The first-order chi connectivity index (χ1) is 17.3. The zero-order valence-electron chi connectivity index (χ0n) is 19.4. The summed E-state index contributed by atoms with van der Waals surface area (Å²) in [5, 5.41) is 3.22. The molecule has 2 atom stereocenters. The van der Waals surface area contributed by atoms with Gasteiger partial charge < -0.3 is 10.1 Å². The first kappa shape index (κ1) is 23.7. The number of carbonyl (C=O) groups is 2. The normalized spacial score (nSPS) is 19.7. The number of para-hydroxylation sites is 2. The number of alkyl halides is 3. The number of methoxy groups -OCH3 is 1. The van der Waals surface area contributed by atoms with Gasteiger partial charge in [-0.1, -0.05) is 54.6 Å². The van der Waals surface area contributed by atoms with Crippen molar-refractivity contribution in [2.45, 2.75) is 31.0 Å². The van der Waals surface area contributed by atoms with E-state index in [1.54, 1.807) is 42.5 Å². The highest BCUT2D eigenvalue weighted by Gasteiger charge is 2.50. The number of nitrogens with one attached hydrogen (secondary N) is 1. The van der Waals surface area contributed by atoms with Crippen molar-refractivity contribution in [3.05, 3.63) is 101 Å². The molecule has 5 rings (SSSR count).